The Kier molecular flexibility index (Phi) is 7.85. The predicted octanol–water partition coefficient (Wildman–Crippen LogP) is 3.59. The highest BCUT2D eigenvalue weighted by Crippen LogP contribution is 2.37. The number of nitrogens with zero attached hydrogens (tertiary/aromatic N) is 7. The van der Waals surface area contributed by atoms with Crippen molar-refractivity contribution in [1.29, 1.82) is 0 Å². The molecule has 264 valence electrons. The van der Waals surface area contributed by atoms with Gasteiger partial charge in [0.25, 0.3) is 11.8 Å². The standard InChI is InChI=1S/C38H37N9O5/c39-34-32-33(22-6-9-27(10-7-22)52-26-4-2-1-3-5-26)43-47(35(32)41-21-40-34)23-14-16-44(17-15-23)25-19-45(20-25)24-8-11-28-29(18-24)38(51)46(37(28)50)30-12-13-31(48)42-36(30)49/h1-11,18,21,23,25,30,36,49H,12-17,19-20H2,(H,42,48)(H2,39,40,41). The first-order chi connectivity index (χ1) is 25.3. The zero-order valence-electron chi connectivity index (χ0n) is 28.3. The molecular weight excluding hydrogens is 662 g/mol. The van der Waals surface area contributed by atoms with E-state index >= 15 is 0 Å². The number of hydrogen-bond acceptors (Lipinski definition) is 11. The minimum atomic E-state index is -1.28. The van der Waals surface area contributed by atoms with Gasteiger partial charge in [-0.05, 0) is 73.9 Å². The highest BCUT2D eigenvalue weighted by Gasteiger charge is 2.45. The summed E-state index contributed by atoms with van der Waals surface area (Å²) in [5, 5.41) is 18.6. The summed E-state index contributed by atoms with van der Waals surface area (Å²) < 4.78 is 8.01. The topological polar surface area (TPSA) is 172 Å². The molecule has 14 heteroatoms. The molecule has 3 amide bonds. The number of aromatic nitrogens is 4. The number of imide groups is 1. The van der Waals surface area contributed by atoms with E-state index in [9.17, 15) is 19.5 Å². The molecule has 0 aliphatic carbocycles. The number of rotatable bonds is 7. The first-order valence-corrected chi connectivity index (χ1v) is 17.6. The van der Waals surface area contributed by atoms with Gasteiger partial charge in [-0.25, -0.2) is 14.6 Å². The normalized spacial score (nSPS) is 21.4. The van der Waals surface area contributed by atoms with E-state index in [1.54, 1.807) is 12.1 Å². The quantitative estimate of drug-likeness (QED) is 0.212. The lowest BCUT2D eigenvalue weighted by Gasteiger charge is -2.48. The summed E-state index contributed by atoms with van der Waals surface area (Å²) in [6.07, 6.45) is 2.40. The number of piperidine rings is 2. The molecule has 52 heavy (non-hydrogen) atoms. The second-order valence-corrected chi connectivity index (χ2v) is 13.8. The van der Waals surface area contributed by atoms with E-state index in [0.29, 0.717) is 23.0 Å². The monoisotopic (exact) mass is 699 g/mol. The van der Waals surface area contributed by atoms with Gasteiger partial charge in [-0.2, -0.15) is 5.10 Å². The summed E-state index contributed by atoms with van der Waals surface area (Å²) in [6.45, 7) is 3.42. The Morgan fingerprint density at radius 3 is 2.31 bits per heavy atom. The van der Waals surface area contributed by atoms with Gasteiger partial charge in [-0.3, -0.25) is 24.2 Å². The molecule has 0 radical (unpaired) electrons. The van der Waals surface area contributed by atoms with Crippen LogP contribution in [0, 0.1) is 0 Å². The third-order valence-corrected chi connectivity index (χ3v) is 10.8. The van der Waals surface area contributed by atoms with Crippen LogP contribution in [-0.2, 0) is 4.79 Å². The van der Waals surface area contributed by atoms with Crippen LogP contribution in [0.25, 0.3) is 22.3 Å². The molecular formula is C38H37N9O5. The Bertz CT molecular complexity index is 2190. The van der Waals surface area contributed by atoms with Gasteiger partial charge in [0, 0.05) is 49.9 Å². The Hall–Kier alpha value is -5.86. The van der Waals surface area contributed by atoms with Gasteiger partial charge in [-0.15, -0.1) is 0 Å². The number of benzene rings is 3. The van der Waals surface area contributed by atoms with Gasteiger partial charge in [0.05, 0.1) is 28.6 Å². The summed E-state index contributed by atoms with van der Waals surface area (Å²) in [5.74, 6) is 0.724. The fraction of sp³-hybridized carbons (Fsp3) is 0.316. The van der Waals surface area contributed by atoms with Gasteiger partial charge in [0.1, 0.15) is 35.6 Å². The van der Waals surface area contributed by atoms with Crippen molar-refractivity contribution >= 4 is 40.3 Å². The number of para-hydroxylation sites is 1. The van der Waals surface area contributed by atoms with Crippen LogP contribution < -0.4 is 20.7 Å². The third-order valence-electron chi connectivity index (χ3n) is 10.8. The fourth-order valence-corrected chi connectivity index (χ4v) is 7.94. The van der Waals surface area contributed by atoms with Crippen LogP contribution in [0.4, 0.5) is 11.5 Å². The molecule has 0 saturated carbocycles. The van der Waals surface area contributed by atoms with Crippen LogP contribution in [0.5, 0.6) is 11.5 Å². The van der Waals surface area contributed by atoms with Gasteiger partial charge >= 0.3 is 0 Å². The number of aliphatic hydroxyl groups excluding tert-OH is 1. The van der Waals surface area contributed by atoms with E-state index in [4.69, 9.17) is 15.6 Å². The largest absolute Gasteiger partial charge is 0.457 e. The molecule has 0 spiro atoms. The number of nitrogens with one attached hydrogen (secondary N) is 1. The number of nitrogens with two attached hydrogens (primary N) is 1. The van der Waals surface area contributed by atoms with Crippen molar-refractivity contribution in [3.05, 3.63) is 90.3 Å². The van der Waals surface area contributed by atoms with Crippen LogP contribution >= 0.6 is 0 Å². The molecule has 14 nitrogen and oxygen atoms in total. The number of ether oxygens (including phenoxy) is 1. The molecule has 0 bridgehead atoms. The molecule has 4 aliphatic heterocycles. The third kappa shape index (κ3) is 5.51. The SMILES string of the molecule is Nc1ncnc2c1c(-c1ccc(Oc3ccccc3)cc1)nn2C1CCN(C2CN(c3ccc4c(c3)C(=O)N(C3CCC(=O)NC3O)C4=O)C2)CC1. The molecule has 3 aromatic carbocycles. The molecule has 4 N–H and O–H groups in total. The van der Waals surface area contributed by atoms with Crippen LogP contribution in [0.3, 0.4) is 0 Å². The zero-order chi connectivity index (χ0) is 35.5. The molecule has 2 aromatic heterocycles. The van der Waals surface area contributed by atoms with Gasteiger partial charge < -0.3 is 25.8 Å². The summed E-state index contributed by atoms with van der Waals surface area (Å²) in [6, 6.07) is 22.6. The molecule has 2 atom stereocenters. The average Bonchev–Trinajstić information content (AvgIpc) is 3.64. The van der Waals surface area contributed by atoms with Gasteiger partial charge in [0.15, 0.2) is 5.65 Å². The van der Waals surface area contributed by atoms with Crippen molar-refractivity contribution in [2.75, 3.05) is 36.8 Å². The maximum atomic E-state index is 13.4. The van der Waals surface area contributed by atoms with Crippen molar-refractivity contribution in [3.63, 3.8) is 0 Å². The first kappa shape index (κ1) is 32.1. The fourth-order valence-electron chi connectivity index (χ4n) is 7.94. The van der Waals surface area contributed by atoms with E-state index in [1.807, 2.05) is 65.3 Å². The number of fused-ring (bicyclic) bond motifs is 2. The zero-order valence-corrected chi connectivity index (χ0v) is 28.3. The number of anilines is 2. The van der Waals surface area contributed by atoms with E-state index in [2.05, 4.69) is 25.1 Å². The second-order valence-electron chi connectivity index (χ2n) is 13.8. The van der Waals surface area contributed by atoms with Crippen LogP contribution in [0.15, 0.2) is 79.1 Å². The number of hydrogen-bond donors (Lipinski definition) is 3. The van der Waals surface area contributed by atoms with Crippen molar-refractivity contribution in [1.82, 2.24) is 34.9 Å². The number of carbonyl (C=O) groups is 3. The van der Waals surface area contributed by atoms with Crippen LogP contribution in [0.2, 0.25) is 0 Å². The lowest BCUT2D eigenvalue weighted by molar-refractivity contribution is -0.129. The van der Waals surface area contributed by atoms with Gasteiger partial charge in [0.2, 0.25) is 5.91 Å². The van der Waals surface area contributed by atoms with Crippen molar-refractivity contribution < 1.29 is 24.2 Å². The summed E-state index contributed by atoms with van der Waals surface area (Å²) in [5.41, 5.74) is 10.3. The molecule has 9 rings (SSSR count). The van der Waals surface area contributed by atoms with E-state index in [0.717, 1.165) is 83.4 Å². The van der Waals surface area contributed by atoms with Crippen LogP contribution in [0.1, 0.15) is 52.4 Å². The van der Waals surface area contributed by atoms with Crippen molar-refractivity contribution in [2.45, 2.75) is 50.0 Å². The molecule has 5 aromatic rings. The van der Waals surface area contributed by atoms with Crippen molar-refractivity contribution in [2.24, 2.45) is 0 Å². The number of aliphatic hydroxyl groups is 1. The van der Waals surface area contributed by atoms with Crippen LogP contribution in [-0.4, -0.2) is 96.9 Å². The highest BCUT2D eigenvalue weighted by atomic mass is 16.5. The second kappa shape index (κ2) is 12.7. The minimum Gasteiger partial charge on any atom is -0.457 e. The Morgan fingerprint density at radius 2 is 1.56 bits per heavy atom. The molecule has 2 unspecified atom stereocenters. The van der Waals surface area contributed by atoms with E-state index in [1.165, 1.54) is 6.33 Å². The molecule has 3 saturated heterocycles. The van der Waals surface area contributed by atoms with Gasteiger partial charge in [-0.1, -0.05) is 18.2 Å². The maximum Gasteiger partial charge on any atom is 0.262 e. The lowest BCUT2D eigenvalue weighted by Crippen LogP contribution is -2.61. The highest BCUT2D eigenvalue weighted by molar-refractivity contribution is 6.22. The number of likely N-dealkylation sites (tertiary alicyclic amines) is 1. The summed E-state index contributed by atoms with van der Waals surface area (Å²) in [7, 11) is 0. The smallest absolute Gasteiger partial charge is 0.262 e. The number of nitrogen functional groups attached to an aromatic ring is 1. The predicted molar refractivity (Wildman–Crippen MR) is 192 cm³/mol. The maximum absolute atomic E-state index is 13.4. The number of amides is 3. The molecule has 3 fully saturated rings. The molecule has 4 aliphatic rings. The van der Waals surface area contributed by atoms with E-state index < -0.39 is 24.1 Å². The van der Waals surface area contributed by atoms with E-state index in [-0.39, 0.29) is 24.8 Å². The minimum absolute atomic E-state index is 0.149. The summed E-state index contributed by atoms with van der Waals surface area (Å²) >= 11 is 0. The Morgan fingerprint density at radius 1 is 0.827 bits per heavy atom. The number of carbonyl (C=O) groups excluding carboxylic acids is 3. The first-order valence-electron chi connectivity index (χ1n) is 17.6. The lowest BCUT2D eigenvalue weighted by atomic mass is 9.98. The summed E-state index contributed by atoms with van der Waals surface area (Å²) in [4.78, 5) is 52.9. The van der Waals surface area contributed by atoms with Crippen molar-refractivity contribution in [3.8, 4) is 22.8 Å². The average molecular weight is 700 g/mol. The Labute approximate surface area is 298 Å². The Balaban J connectivity index is 0.851. The molecule has 6 heterocycles.